The minimum atomic E-state index is -0.301. The van der Waals surface area contributed by atoms with Crippen LogP contribution in [0.25, 0.3) is 16.8 Å². The monoisotopic (exact) mass is 459 g/mol. The van der Waals surface area contributed by atoms with Crippen molar-refractivity contribution in [3.8, 4) is 11.5 Å². The van der Waals surface area contributed by atoms with Crippen molar-refractivity contribution in [1.29, 1.82) is 0 Å². The van der Waals surface area contributed by atoms with E-state index in [1.165, 1.54) is 7.05 Å². The molecule has 33 heavy (non-hydrogen) atoms. The molecule has 1 aliphatic rings. The molecule has 4 rings (SSSR count). The Balaban J connectivity index is 1.70. The summed E-state index contributed by atoms with van der Waals surface area (Å²) >= 11 is 0.934. The van der Waals surface area contributed by atoms with Gasteiger partial charge >= 0.3 is 0 Å². The Morgan fingerprint density at radius 3 is 2.55 bits per heavy atom. The molecule has 1 saturated heterocycles. The lowest BCUT2D eigenvalue weighted by molar-refractivity contribution is -0.121. The van der Waals surface area contributed by atoms with E-state index < -0.39 is 0 Å². The number of fused-ring (bicyclic) bond motifs is 1. The highest BCUT2D eigenvalue weighted by atomic mass is 32.2. The number of allylic oxidation sites excluding steroid dienone is 1. The summed E-state index contributed by atoms with van der Waals surface area (Å²) in [6.07, 6.45) is 4.10. The molecule has 3 aromatic carbocycles. The number of rotatable bonds is 8. The summed E-state index contributed by atoms with van der Waals surface area (Å²) in [6.45, 7) is 6.64. The van der Waals surface area contributed by atoms with Gasteiger partial charge in [-0.3, -0.25) is 14.5 Å². The highest BCUT2D eigenvalue weighted by molar-refractivity contribution is 8.18. The Bertz CT molecular complexity index is 1260. The molecule has 168 valence electrons. The van der Waals surface area contributed by atoms with Crippen molar-refractivity contribution < 1.29 is 19.1 Å². The van der Waals surface area contributed by atoms with E-state index in [9.17, 15) is 9.59 Å². The molecule has 1 heterocycles. The molecule has 3 aromatic rings. The molecule has 0 saturated carbocycles. The second-order valence-electron chi connectivity index (χ2n) is 7.60. The van der Waals surface area contributed by atoms with Gasteiger partial charge in [0.2, 0.25) is 0 Å². The van der Waals surface area contributed by atoms with Gasteiger partial charge in [-0.25, -0.2) is 0 Å². The van der Waals surface area contributed by atoms with Crippen LogP contribution in [0, 0.1) is 0 Å². The largest absolute Gasteiger partial charge is 0.490 e. The Kier molecular flexibility index (Phi) is 6.84. The van der Waals surface area contributed by atoms with Gasteiger partial charge in [0.05, 0.1) is 11.5 Å². The molecule has 0 spiro atoms. The van der Waals surface area contributed by atoms with Crippen LogP contribution in [0.1, 0.15) is 23.6 Å². The van der Waals surface area contributed by atoms with Crippen molar-refractivity contribution in [3.63, 3.8) is 0 Å². The lowest BCUT2D eigenvalue weighted by Crippen LogP contribution is -2.22. The average molecular weight is 460 g/mol. The Labute approximate surface area is 197 Å². The fourth-order valence-electron chi connectivity index (χ4n) is 3.77. The number of imide groups is 1. The fourth-order valence-corrected chi connectivity index (χ4v) is 4.59. The molecule has 0 N–H and O–H groups in total. The number of carbonyl (C=O) groups is 2. The molecule has 1 aliphatic heterocycles. The number of thioether (sulfide) groups is 1. The third-order valence-corrected chi connectivity index (χ3v) is 6.32. The molecule has 0 atom stereocenters. The van der Waals surface area contributed by atoms with Crippen molar-refractivity contribution in [1.82, 2.24) is 4.90 Å². The summed E-state index contributed by atoms with van der Waals surface area (Å²) in [5.74, 6) is 0.953. The summed E-state index contributed by atoms with van der Waals surface area (Å²) in [5.41, 5.74) is 2.76. The smallest absolute Gasteiger partial charge is 0.293 e. The molecule has 0 radical (unpaired) electrons. The van der Waals surface area contributed by atoms with E-state index in [0.717, 1.165) is 44.1 Å². The van der Waals surface area contributed by atoms with Crippen molar-refractivity contribution in [2.45, 2.75) is 20.0 Å². The number of carbonyl (C=O) groups excluding carboxylic acids is 2. The summed E-state index contributed by atoms with van der Waals surface area (Å²) in [6, 6.07) is 18.2. The molecule has 0 bridgehead atoms. The van der Waals surface area contributed by atoms with E-state index in [2.05, 4.69) is 30.8 Å². The molecule has 0 unspecified atom stereocenters. The Morgan fingerprint density at radius 1 is 1.03 bits per heavy atom. The number of hydrogen-bond acceptors (Lipinski definition) is 5. The van der Waals surface area contributed by atoms with Crippen molar-refractivity contribution >= 4 is 39.8 Å². The van der Waals surface area contributed by atoms with Gasteiger partial charge in [0.25, 0.3) is 11.1 Å². The maximum Gasteiger partial charge on any atom is 0.293 e. The fraction of sp³-hybridized carbons (Fsp3) is 0.185. The third kappa shape index (κ3) is 4.81. The summed E-state index contributed by atoms with van der Waals surface area (Å²) < 4.78 is 12.2. The number of likely N-dealkylation sites (N-methyl/N-ethyl adjacent to an activating group) is 1. The Morgan fingerprint density at radius 2 is 1.82 bits per heavy atom. The minimum Gasteiger partial charge on any atom is -0.490 e. The maximum absolute atomic E-state index is 12.3. The van der Waals surface area contributed by atoms with Gasteiger partial charge in [-0.1, -0.05) is 48.5 Å². The first-order chi connectivity index (χ1) is 16.0. The van der Waals surface area contributed by atoms with Crippen LogP contribution in [0.2, 0.25) is 0 Å². The molecule has 2 amide bonds. The second-order valence-corrected chi connectivity index (χ2v) is 8.59. The predicted octanol–water partition coefficient (Wildman–Crippen LogP) is 6.21. The zero-order valence-electron chi connectivity index (χ0n) is 18.7. The summed E-state index contributed by atoms with van der Waals surface area (Å²) in [4.78, 5) is 25.7. The van der Waals surface area contributed by atoms with Crippen LogP contribution in [-0.4, -0.2) is 29.7 Å². The zero-order chi connectivity index (χ0) is 23.4. The van der Waals surface area contributed by atoms with Gasteiger partial charge in [-0.2, -0.15) is 0 Å². The van der Waals surface area contributed by atoms with Gasteiger partial charge in [0, 0.05) is 12.6 Å². The quantitative estimate of drug-likeness (QED) is 0.296. The highest BCUT2D eigenvalue weighted by Crippen LogP contribution is 2.37. The third-order valence-electron chi connectivity index (χ3n) is 5.35. The molecular formula is C27H25NO4S. The van der Waals surface area contributed by atoms with E-state index in [-0.39, 0.29) is 11.1 Å². The van der Waals surface area contributed by atoms with E-state index in [4.69, 9.17) is 9.47 Å². The Hall–Kier alpha value is -3.51. The molecule has 1 fully saturated rings. The van der Waals surface area contributed by atoms with E-state index in [0.29, 0.717) is 36.0 Å². The number of hydrogen-bond donors (Lipinski definition) is 0. The molecule has 0 aliphatic carbocycles. The van der Waals surface area contributed by atoms with Crippen LogP contribution in [0.5, 0.6) is 11.5 Å². The normalized spacial score (nSPS) is 14.8. The first-order valence-electron chi connectivity index (χ1n) is 10.7. The van der Waals surface area contributed by atoms with Crippen LogP contribution in [0.3, 0.4) is 0 Å². The molecule has 0 aromatic heterocycles. The summed E-state index contributed by atoms with van der Waals surface area (Å²) in [5, 5.41) is 2.03. The number of nitrogens with zero attached hydrogens (tertiary/aromatic N) is 1. The van der Waals surface area contributed by atoms with Crippen LogP contribution in [0.4, 0.5) is 4.79 Å². The lowest BCUT2D eigenvalue weighted by Gasteiger charge is -2.17. The first-order valence-corrected chi connectivity index (χ1v) is 11.5. The van der Waals surface area contributed by atoms with Gasteiger partial charge in [0.1, 0.15) is 6.61 Å². The van der Waals surface area contributed by atoms with E-state index in [1.54, 1.807) is 12.2 Å². The predicted molar refractivity (Wildman–Crippen MR) is 134 cm³/mol. The van der Waals surface area contributed by atoms with Gasteiger partial charge in [-0.15, -0.1) is 6.58 Å². The van der Waals surface area contributed by atoms with E-state index >= 15 is 0 Å². The van der Waals surface area contributed by atoms with E-state index in [1.807, 2.05) is 37.3 Å². The second kappa shape index (κ2) is 9.96. The van der Waals surface area contributed by atoms with Crippen LogP contribution in [0.15, 0.2) is 72.2 Å². The number of ether oxygens (including phenoxy) is 2. The maximum atomic E-state index is 12.3. The van der Waals surface area contributed by atoms with Gasteiger partial charge < -0.3 is 9.47 Å². The van der Waals surface area contributed by atoms with Crippen molar-refractivity contribution in [3.05, 3.63) is 88.8 Å². The van der Waals surface area contributed by atoms with Crippen LogP contribution < -0.4 is 9.47 Å². The average Bonchev–Trinajstić information content (AvgIpc) is 3.05. The van der Waals surface area contributed by atoms with Crippen LogP contribution >= 0.6 is 11.8 Å². The van der Waals surface area contributed by atoms with Crippen molar-refractivity contribution in [2.24, 2.45) is 0 Å². The number of benzene rings is 3. The first kappa shape index (κ1) is 22.7. The lowest BCUT2D eigenvalue weighted by atomic mass is 10.0. The van der Waals surface area contributed by atoms with Gasteiger partial charge in [-0.05, 0) is 65.2 Å². The van der Waals surface area contributed by atoms with Gasteiger partial charge in [0.15, 0.2) is 11.5 Å². The highest BCUT2D eigenvalue weighted by Gasteiger charge is 2.31. The summed E-state index contributed by atoms with van der Waals surface area (Å²) in [7, 11) is 1.48. The molecule has 5 nitrogen and oxygen atoms in total. The zero-order valence-corrected chi connectivity index (χ0v) is 19.5. The molecular weight excluding hydrogens is 434 g/mol. The minimum absolute atomic E-state index is 0.280. The number of amides is 2. The SMILES string of the molecule is C=CCc1cc(/C=C2\SC(=O)N(C)C2=O)cc(OCC)c1OCc1cccc2ccccc12. The van der Waals surface area contributed by atoms with Crippen molar-refractivity contribution in [2.75, 3.05) is 13.7 Å². The van der Waals surface area contributed by atoms with Crippen LogP contribution in [-0.2, 0) is 17.8 Å². The standard InChI is InChI=1S/C27H25NO4S/c1-4-9-20-14-18(16-24-26(29)28(3)27(30)33-24)15-23(31-5-2)25(20)32-17-21-12-8-11-19-10-6-7-13-22(19)21/h4,6-8,10-16H,1,5,9,17H2,2-3H3/b24-16-. The topological polar surface area (TPSA) is 55.8 Å². The molecule has 6 heteroatoms.